The first-order valence-electron chi connectivity index (χ1n) is 14.9. The molecule has 2 aliphatic rings. The highest BCUT2D eigenvalue weighted by molar-refractivity contribution is 6.74. The minimum absolute atomic E-state index is 0.0707. The predicted octanol–water partition coefficient (Wildman–Crippen LogP) is 7.56. The monoisotopic (exact) mass is 440 g/mol. The van der Waals surface area contributed by atoms with Gasteiger partial charge in [-0.1, -0.05) is 47.5 Å². The van der Waals surface area contributed by atoms with Gasteiger partial charge in [0.15, 0.2) is 8.32 Å². The van der Waals surface area contributed by atoms with Crippen LogP contribution in [-0.2, 0) is 4.43 Å². The number of hydrogen-bond acceptors (Lipinski definition) is 2. The number of hydrogen-bond donors (Lipinski definition) is 1. The Bertz CT molecular complexity index is 795. The third kappa shape index (κ3) is 5.54. The molecule has 30 heavy (non-hydrogen) atoms. The van der Waals surface area contributed by atoms with E-state index in [1.165, 1.54) is 0 Å². The largest absolute Gasteiger partial charge is 0.414 e. The molecule has 2 fully saturated rings. The van der Waals surface area contributed by atoms with Crippen molar-refractivity contribution in [2.45, 2.75) is 136 Å². The first-order valence-corrected chi connectivity index (χ1v) is 14.8. The molecule has 3 heteroatoms. The lowest BCUT2D eigenvalue weighted by molar-refractivity contribution is -0.0444. The minimum Gasteiger partial charge on any atom is -0.414 e. The van der Waals surface area contributed by atoms with Crippen molar-refractivity contribution in [3.63, 3.8) is 0 Å². The van der Waals surface area contributed by atoms with Gasteiger partial charge in [-0.05, 0) is 93.0 Å². The van der Waals surface area contributed by atoms with Crippen molar-refractivity contribution in [3.05, 3.63) is 0 Å². The second kappa shape index (κ2) is 8.91. The van der Waals surface area contributed by atoms with E-state index in [1.807, 2.05) is 0 Å². The fourth-order valence-electron chi connectivity index (χ4n) is 6.33. The Balaban J connectivity index is 2.27. The Kier molecular flexibility index (Phi) is 5.40. The molecule has 0 spiro atoms. The molecule has 0 aromatic rings. The summed E-state index contributed by atoms with van der Waals surface area (Å²) in [5.41, 5.74) is -2.91. The zero-order chi connectivity index (χ0) is 28.0. The standard InChI is InChI=1S/C27H50O2Si/c1-11-17-26(7,19-13-18-25(5,6)28)23-16-15-21-22(14-12-20-27(21,23)8)29-30(9,10)24(2,3)4/h1,21-23,28H,12-20H2,2-10H3/t21?,22-,23+,26-,27-/m0/s1/i5D3,6D3. The first-order chi connectivity index (χ1) is 16.1. The molecule has 2 aliphatic carbocycles. The van der Waals surface area contributed by atoms with Gasteiger partial charge in [-0.25, -0.2) is 0 Å². The summed E-state index contributed by atoms with van der Waals surface area (Å²) in [4.78, 5) is 0. The van der Waals surface area contributed by atoms with E-state index in [9.17, 15) is 5.11 Å². The third-order valence-electron chi connectivity index (χ3n) is 8.95. The molecular formula is C27H50O2Si. The van der Waals surface area contributed by atoms with Gasteiger partial charge in [0.2, 0.25) is 0 Å². The number of aliphatic hydroxyl groups is 1. The molecule has 0 aromatic heterocycles. The topological polar surface area (TPSA) is 29.5 Å². The van der Waals surface area contributed by atoms with Crippen molar-refractivity contribution in [2.75, 3.05) is 0 Å². The van der Waals surface area contributed by atoms with Crippen LogP contribution in [0, 0.1) is 35.0 Å². The first kappa shape index (κ1) is 18.2. The van der Waals surface area contributed by atoms with E-state index in [-0.39, 0.29) is 28.4 Å². The van der Waals surface area contributed by atoms with Gasteiger partial charge in [0.25, 0.3) is 0 Å². The van der Waals surface area contributed by atoms with E-state index < -0.39 is 27.6 Å². The highest BCUT2D eigenvalue weighted by Crippen LogP contribution is 2.63. The SMILES string of the molecule is [2H]C([2H])([2H])C(O)(CCC[C@](C)(CC#C)[C@H]1CCC2[C@@H](O[Si](C)(C)C(C)(C)C)CCC[C@@]21C)C([2H])([2H])[2H]. The molecule has 0 heterocycles. The van der Waals surface area contributed by atoms with Gasteiger partial charge in [-0.3, -0.25) is 0 Å². The number of rotatable bonds is 8. The zero-order valence-electron chi connectivity index (χ0n) is 26.5. The number of terminal acetylenes is 1. The normalized spacial score (nSPS) is 36.2. The Hall–Kier alpha value is -0.303. The van der Waals surface area contributed by atoms with Gasteiger partial charge in [-0.15, -0.1) is 12.3 Å². The van der Waals surface area contributed by atoms with Crippen LogP contribution in [0.4, 0.5) is 0 Å². The van der Waals surface area contributed by atoms with E-state index in [1.54, 1.807) is 0 Å². The summed E-state index contributed by atoms with van der Waals surface area (Å²) in [7, 11) is -1.91. The van der Waals surface area contributed by atoms with Crippen LogP contribution in [0.3, 0.4) is 0 Å². The lowest BCUT2D eigenvalue weighted by atomic mass is 9.56. The minimum atomic E-state index is -2.98. The third-order valence-corrected chi connectivity index (χ3v) is 13.5. The summed E-state index contributed by atoms with van der Waals surface area (Å²) in [5, 5.41) is 10.9. The van der Waals surface area contributed by atoms with Gasteiger partial charge in [0, 0.05) is 20.7 Å². The average molecular weight is 441 g/mol. The average Bonchev–Trinajstić information content (AvgIpc) is 3.04. The Morgan fingerprint density at radius 1 is 1.17 bits per heavy atom. The highest BCUT2D eigenvalue weighted by Gasteiger charge is 2.57. The molecule has 2 rings (SSSR count). The molecule has 0 radical (unpaired) electrons. The molecule has 5 atom stereocenters. The van der Waals surface area contributed by atoms with E-state index in [0.29, 0.717) is 31.1 Å². The molecule has 174 valence electrons. The molecule has 2 nitrogen and oxygen atoms in total. The molecule has 0 saturated heterocycles. The van der Waals surface area contributed by atoms with Crippen LogP contribution in [0.1, 0.15) is 114 Å². The van der Waals surface area contributed by atoms with Crippen LogP contribution in [0.25, 0.3) is 0 Å². The fourth-order valence-corrected chi connectivity index (χ4v) is 7.72. The molecular weight excluding hydrogens is 384 g/mol. The zero-order valence-corrected chi connectivity index (χ0v) is 21.5. The fraction of sp³-hybridized carbons (Fsp3) is 0.926. The van der Waals surface area contributed by atoms with Crippen LogP contribution in [-0.4, -0.2) is 25.1 Å². The van der Waals surface area contributed by atoms with Crippen molar-refractivity contribution in [3.8, 4) is 12.3 Å². The van der Waals surface area contributed by atoms with E-state index in [4.69, 9.17) is 19.1 Å². The maximum absolute atomic E-state index is 10.7. The number of fused-ring (bicyclic) bond motifs is 1. The van der Waals surface area contributed by atoms with Gasteiger partial charge in [0.05, 0.1) is 5.60 Å². The van der Waals surface area contributed by atoms with Gasteiger partial charge >= 0.3 is 0 Å². The molecule has 0 amide bonds. The van der Waals surface area contributed by atoms with Crippen LogP contribution in [0.2, 0.25) is 18.1 Å². The van der Waals surface area contributed by atoms with Crippen LogP contribution in [0.15, 0.2) is 0 Å². The van der Waals surface area contributed by atoms with Gasteiger partial charge in [-0.2, -0.15) is 0 Å². The van der Waals surface area contributed by atoms with E-state index in [0.717, 1.165) is 32.1 Å². The molecule has 0 bridgehead atoms. The van der Waals surface area contributed by atoms with Crippen LogP contribution >= 0.6 is 0 Å². The van der Waals surface area contributed by atoms with Crippen molar-refractivity contribution < 1.29 is 17.8 Å². The Morgan fingerprint density at radius 3 is 2.40 bits per heavy atom. The smallest absolute Gasteiger partial charge is 0.192 e. The lowest BCUT2D eigenvalue weighted by Crippen LogP contribution is -2.51. The summed E-state index contributed by atoms with van der Waals surface area (Å²) < 4.78 is 53.1. The summed E-state index contributed by atoms with van der Waals surface area (Å²) >= 11 is 0. The van der Waals surface area contributed by atoms with E-state index >= 15 is 0 Å². The lowest BCUT2D eigenvalue weighted by Gasteiger charge is -2.52. The molecule has 1 N–H and O–H groups in total. The second-order valence-electron chi connectivity index (χ2n) is 12.3. The summed E-state index contributed by atoms with van der Waals surface area (Å²) in [5.74, 6) is 3.67. The van der Waals surface area contributed by atoms with Crippen molar-refractivity contribution in [1.29, 1.82) is 0 Å². The van der Waals surface area contributed by atoms with Gasteiger partial charge in [0.1, 0.15) is 0 Å². The maximum atomic E-state index is 10.7. The van der Waals surface area contributed by atoms with E-state index in [2.05, 4.69) is 53.6 Å². The summed E-state index contributed by atoms with van der Waals surface area (Å²) in [6.45, 7) is 10.1. The quantitative estimate of drug-likeness (QED) is 0.311. The molecule has 0 aromatic carbocycles. The highest BCUT2D eigenvalue weighted by atomic mass is 28.4. The molecule has 0 aliphatic heterocycles. The van der Waals surface area contributed by atoms with Crippen LogP contribution < -0.4 is 0 Å². The van der Waals surface area contributed by atoms with Crippen molar-refractivity contribution >= 4 is 8.32 Å². The van der Waals surface area contributed by atoms with Gasteiger partial charge < -0.3 is 9.53 Å². The Labute approximate surface area is 197 Å². The molecule has 1 unspecified atom stereocenters. The predicted molar refractivity (Wildman–Crippen MR) is 132 cm³/mol. The second-order valence-corrected chi connectivity index (χ2v) is 17.1. The van der Waals surface area contributed by atoms with Crippen LogP contribution in [0.5, 0.6) is 0 Å². The van der Waals surface area contributed by atoms with Crippen molar-refractivity contribution in [2.24, 2.45) is 22.7 Å². The summed E-state index contributed by atoms with van der Waals surface area (Å²) in [6.07, 6.45) is 12.7. The van der Waals surface area contributed by atoms with Crippen molar-refractivity contribution in [1.82, 2.24) is 0 Å². The summed E-state index contributed by atoms with van der Waals surface area (Å²) in [6, 6.07) is 0. The Morgan fingerprint density at radius 2 is 1.83 bits per heavy atom. The maximum Gasteiger partial charge on any atom is 0.192 e. The molecule has 2 saturated carbocycles.